The van der Waals surface area contributed by atoms with E-state index >= 15 is 0 Å². The molecule has 0 radical (unpaired) electrons. The molecule has 4 rings (SSSR count). The van der Waals surface area contributed by atoms with Crippen LogP contribution < -0.4 is 4.74 Å². The molecule has 146 valence electrons. The molecule has 6 nitrogen and oxygen atoms in total. The first kappa shape index (κ1) is 18.5. The van der Waals surface area contributed by atoms with Gasteiger partial charge in [0.15, 0.2) is 17.5 Å². The summed E-state index contributed by atoms with van der Waals surface area (Å²) >= 11 is 0. The number of hydrogen-bond donors (Lipinski definition) is 1. The lowest BCUT2D eigenvalue weighted by Crippen LogP contribution is -2.23. The van der Waals surface area contributed by atoms with Gasteiger partial charge in [-0.3, -0.25) is 4.79 Å². The Morgan fingerprint density at radius 2 is 2.04 bits per heavy atom. The van der Waals surface area contributed by atoms with Crippen molar-refractivity contribution in [2.24, 2.45) is 0 Å². The van der Waals surface area contributed by atoms with E-state index < -0.39 is 12.2 Å². The fraction of sp³-hybridized carbons (Fsp3) is 0.364. The summed E-state index contributed by atoms with van der Waals surface area (Å²) in [5.41, 5.74) is 6.22. The summed E-state index contributed by atoms with van der Waals surface area (Å²) in [5, 5.41) is 10.7. The van der Waals surface area contributed by atoms with Crippen LogP contribution in [0.4, 0.5) is 0 Å². The summed E-state index contributed by atoms with van der Waals surface area (Å²) < 4.78 is 8.23. The number of aliphatic hydroxyl groups is 1. The van der Waals surface area contributed by atoms with Gasteiger partial charge in [-0.15, -0.1) is 0 Å². The third-order valence-electron chi connectivity index (χ3n) is 5.55. The summed E-state index contributed by atoms with van der Waals surface area (Å²) in [6, 6.07) is 7.78. The molecule has 0 saturated heterocycles. The number of fused-ring (bicyclic) bond motifs is 2. The minimum atomic E-state index is -0.637. The Bertz CT molecular complexity index is 1080. The van der Waals surface area contributed by atoms with E-state index in [0.29, 0.717) is 23.4 Å². The molecule has 1 aliphatic carbocycles. The zero-order valence-electron chi connectivity index (χ0n) is 16.9. The number of aliphatic hydroxyl groups excluding tert-OH is 1. The smallest absolute Gasteiger partial charge is 0.254 e. The minimum absolute atomic E-state index is 0.110. The van der Waals surface area contributed by atoms with Crippen LogP contribution in [-0.4, -0.2) is 45.5 Å². The van der Waals surface area contributed by atoms with Crippen LogP contribution in [0.25, 0.3) is 5.65 Å². The molecule has 1 aromatic carbocycles. The number of carbonyl (C=O) groups excluding carboxylic acids is 1. The van der Waals surface area contributed by atoms with E-state index in [2.05, 4.69) is 4.98 Å². The Labute approximate surface area is 164 Å². The largest absolute Gasteiger partial charge is 0.479 e. The predicted octanol–water partition coefficient (Wildman–Crippen LogP) is 3.00. The van der Waals surface area contributed by atoms with Gasteiger partial charge in [0.25, 0.3) is 5.91 Å². The van der Waals surface area contributed by atoms with Crippen LogP contribution in [0.2, 0.25) is 0 Å². The van der Waals surface area contributed by atoms with Gasteiger partial charge in [0.2, 0.25) is 0 Å². The third-order valence-corrected chi connectivity index (χ3v) is 5.55. The number of benzene rings is 1. The van der Waals surface area contributed by atoms with E-state index in [1.807, 2.05) is 43.4 Å². The minimum Gasteiger partial charge on any atom is -0.479 e. The van der Waals surface area contributed by atoms with Gasteiger partial charge in [0.1, 0.15) is 0 Å². The van der Waals surface area contributed by atoms with E-state index in [0.717, 1.165) is 28.1 Å². The number of carbonyl (C=O) groups is 1. The van der Waals surface area contributed by atoms with Gasteiger partial charge in [-0.05, 0) is 38.0 Å². The zero-order valence-corrected chi connectivity index (χ0v) is 16.9. The molecule has 1 amide bonds. The molecular formula is C22H25N3O3. The molecule has 6 heteroatoms. The zero-order chi connectivity index (χ0) is 20.2. The summed E-state index contributed by atoms with van der Waals surface area (Å²) in [5.74, 6) is 0.394. The van der Waals surface area contributed by atoms with Gasteiger partial charge in [-0.1, -0.05) is 18.2 Å². The number of amides is 1. The number of pyridine rings is 1. The molecule has 0 aliphatic heterocycles. The van der Waals surface area contributed by atoms with Gasteiger partial charge < -0.3 is 19.1 Å². The fourth-order valence-corrected chi connectivity index (χ4v) is 3.93. The van der Waals surface area contributed by atoms with Gasteiger partial charge in [0.05, 0.1) is 17.4 Å². The van der Waals surface area contributed by atoms with Gasteiger partial charge in [-0.25, -0.2) is 4.98 Å². The second-order valence-corrected chi connectivity index (χ2v) is 7.73. The first-order chi connectivity index (χ1) is 13.3. The molecule has 0 saturated carbocycles. The molecular weight excluding hydrogens is 354 g/mol. The Balaban J connectivity index is 1.85. The lowest BCUT2D eigenvalue weighted by Gasteiger charge is -2.21. The molecule has 3 aromatic rings. The van der Waals surface area contributed by atoms with Crippen molar-refractivity contribution in [3.63, 3.8) is 0 Å². The Morgan fingerprint density at radius 1 is 1.29 bits per heavy atom. The Hall–Kier alpha value is -2.86. The van der Waals surface area contributed by atoms with Crippen LogP contribution in [0.5, 0.6) is 5.75 Å². The highest BCUT2D eigenvalue weighted by Gasteiger charge is 2.35. The van der Waals surface area contributed by atoms with Crippen molar-refractivity contribution in [2.45, 2.75) is 39.4 Å². The van der Waals surface area contributed by atoms with E-state index in [-0.39, 0.29) is 5.91 Å². The van der Waals surface area contributed by atoms with Gasteiger partial charge in [-0.2, -0.15) is 0 Å². The van der Waals surface area contributed by atoms with Crippen LogP contribution in [0.1, 0.15) is 44.5 Å². The summed E-state index contributed by atoms with van der Waals surface area (Å²) in [7, 11) is 3.44. The van der Waals surface area contributed by atoms with Crippen LogP contribution >= 0.6 is 0 Å². The quantitative estimate of drug-likeness (QED) is 0.760. The van der Waals surface area contributed by atoms with E-state index in [1.54, 1.807) is 26.4 Å². The number of aryl methyl sites for hydroxylation is 3. The van der Waals surface area contributed by atoms with E-state index in [1.165, 1.54) is 4.90 Å². The first-order valence-corrected chi connectivity index (χ1v) is 9.42. The molecule has 0 unspecified atom stereocenters. The number of rotatable bonds is 3. The average Bonchev–Trinajstić information content (AvgIpc) is 3.12. The number of hydrogen-bond acceptors (Lipinski definition) is 4. The monoisotopic (exact) mass is 379 g/mol. The van der Waals surface area contributed by atoms with Crippen LogP contribution in [0, 0.1) is 20.8 Å². The lowest BCUT2D eigenvalue weighted by molar-refractivity contribution is 0.0498. The topological polar surface area (TPSA) is 67.1 Å². The fourth-order valence-electron chi connectivity index (χ4n) is 3.93. The maximum atomic E-state index is 12.6. The molecule has 2 aromatic heterocycles. The van der Waals surface area contributed by atoms with Crippen molar-refractivity contribution >= 4 is 11.6 Å². The number of imidazole rings is 1. The molecule has 2 atom stereocenters. The number of ether oxygens (including phenoxy) is 1. The maximum Gasteiger partial charge on any atom is 0.254 e. The highest BCUT2D eigenvalue weighted by atomic mass is 16.5. The highest BCUT2D eigenvalue weighted by molar-refractivity contribution is 5.94. The van der Waals surface area contributed by atoms with Crippen molar-refractivity contribution in [1.82, 2.24) is 14.3 Å². The highest BCUT2D eigenvalue weighted by Crippen LogP contribution is 2.38. The molecule has 2 heterocycles. The number of aromatic nitrogens is 2. The van der Waals surface area contributed by atoms with Crippen LogP contribution in [0.15, 0.2) is 30.5 Å². The van der Waals surface area contributed by atoms with Gasteiger partial charge in [0, 0.05) is 38.0 Å². The average molecular weight is 379 g/mol. The van der Waals surface area contributed by atoms with E-state index in [9.17, 15) is 9.90 Å². The summed E-state index contributed by atoms with van der Waals surface area (Å²) in [4.78, 5) is 18.8. The third kappa shape index (κ3) is 2.85. The SMILES string of the molecule is Cc1cccc2c1[C@H](Oc1cc(C(=O)N(C)C)cn3c(C)c(C)nc13)[C@@H](O)C2. The Morgan fingerprint density at radius 3 is 2.75 bits per heavy atom. The lowest BCUT2D eigenvalue weighted by atomic mass is 10.0. The summed E-state index contributed by atoms with van der Waals surface area (Å²) in [6.45, 7) is 5.93. The normalized spacial score (nSPS) is 18.4. The van der Waals surface area contributed by atoms with Crippen molar-refractivity contribution in [1.29, 1.82) is 0 Å². The van der Waals surface area contributed by atoms with E-state index in [4.69, 9.17) is 4.74 Å². The second-order valence-electron chi connectivity index (χ2n) is 7.73. The van der Waals surface area contributed by atoms with Crippen molar-refractivity contribution < 1.29 is 14.6 Å². The molecule has 0 bridgehead atoms. The number of nitrogens with zero attached hydrogens (tertiary/aromatic N) is 3. The predicted molar refractivity (Wildman–Crippen MR) is 107 cm³/mol. The van der Waals surface area contributed by atoms with Crippen molar-refractivity contribution in [3.8, 4) is 5.75 Å². The Kier molecular flexibility index (Phi) is 4.38. The summed E-state index contributed by atoms with van der Waals surface area (Å²) in [6.07, 6.45) is 1.23. The van der Waals surface area contributed by atoms with Crippen LogP contribution in [0.3, 0.4) is 0 Å². The first-order valence-electron chi connectivity index (χ1n) is 9.42. The van der Waals surface area contributed by atoms with Gasteiger partial charge >= 0.3 is 0 Å². The van der Waals surface area contributed by atoms with Crippen molar-refractivity contribution in [3.05, 3.63) is 64.1 Å². The molecule has 28 heavy (non-hydrogen) atoms. The standard InChI is InChI=1S/C22H25N3O3/c1-12-7-6-8-15-9-17(26)20(19(12)15)28-18-10-16(22(27)24(4)5)11-25-14(3)13(2)23-21(18)25/h6-8,10-11,17,20,26H,9H2,1-5H3/t17-,20+/m0/s1. The second kappa shape index (κ2) is 6.63. The molecule has 0 spiro atoms. The molecule has 0 fully saturated rings. The maximum absolute atomic E-state index is 12.6. The molecule has 1 N–H and O–H groups in total. The molecule has 1 aliphatic rings. The van der Waals surface area contributed by atoms with Crippen molar-refractivity contribution in [2.75, 3.05) is 14.1 Å². The van der Waals surface area contributed by atoms with Crippen LogP contribution in [-0.2, 0) is 6.42 Å².